The maximum absolute atomic E-state index is 5.67. The quantitative estimate of drug-likeness (QED) is 0.140. The summed E-state index contributed by atoms with van der Waals surface area (Å²) < 4.78 is 11.3. The molecule has 0 bridgehead atoms. The van der Waals surface area contributed by atoms with Crippen LogP contribution in [0.1, 0.15) is 0 Å². The van der Waals surface area contributed by atoms with Gasteiger partial charge in [-0.1, -0.05) is 30.6 Å². The van der Waals surface area contributed by atoms with Gasteiger partial charge in [-0.15, -0.1) is 65.4 Å². The minimum absolute atomic E-state index is 0.351. The van der Waals surface area contributed by atoms with Gasteiger partial charge >= 0.3 is 37.9 Å². The third-order valence-corrected chi connectivity index (χ3v) is 4.88. The molecule has 4 aromatic rings. The van der Waals surface area contributed by atoms with E-state index in [-0.39, 0.29) is 0 Å². The van der Waals surface area contributed by atoms with Gasteiger partial charge in [-0.05, 0) is 19.6 Å². The fourth-order valence-electron chi connectivity index (χ4n) is 2.59. The van der Waals surface area contributed by atoms with Gasteiger partial charge in [-0.25, -0.2) is 0 Å². The molecule has 0 unspecified atom stereocenters. The average molecular weight is 569 g/mol. The summed E-state index contributed by atoms with van der Waals surface area (Å²) in [5, 5.41) is 5.03. The normalized spacial score (nSPS) is 10.0. The first-order valence-corrected chi connectivity index (χ1v) is 21.7. The molecule has 0 aromatic heterocycles. The van der Waals surface area contributed by atoms with Gasteiger partial charge in [0.15, 0.2) is 15.1 Å². The number of ether oxygens (including phenoxy) is 1. The van der Waals surface area contributed by atoms with Crippen molar-refractivity contribution in [2.75, 3.05) is 6.79 Å². The number of rotatable bonds is 4. The van der Waals surface area contributed by atoms with E-state index in [0.717, 1.165) is 20.7 Å². The van der Waals surface area contributed by atoms with Crippen molar-refractivity contribution in [3.63, 3.8) is 0 Å². The molecule has 0 amide bonds. The van der Waals surface area contributed by atoms with Gasteiger partial charge < -0.3 is 9.16 Å². The first-order chi connectivity index (χ1) is 14.9. The summed E-state index contributed by atoms with van der Waals surface area (Å²) in [5.41, 5.74) is 0. The number of benzene rings is 2. The Morgan fingerprint density at radius 2 is 1.48 bits per heavy atom. The fraction of sp³-hybridized carbons (Fsp3) is 0.250. The van der Waals surface area contributed by atoms with E-state index in [9.17, 15) is 0 Å². The van der Waals surface area contributed by atoms with Gasteiger partial charge in [0.1, 0.15) is 0 Å². The topological polar surface area (TPSA) is 18.5 Å². The Hall–Kier alpha value is -0.683. The number of fused-ring (bicyclic) bond motifs is 2. The van der Waals surface area contributed by atoms with Crippen LogP contribution in [0.25, 0.3) is 21.5 Å². The standard InChI is InChI=1S/C13H17O2Si.C9H7.C2H6Si.2ClH.Zr/c1-16(2,3)15-10-14-13-9-8-11-6-4-5-7-12(11)13;1-2-5-9-7-3-6-8(9)4-1;1-3-2;;;/h4-9H,10H2,1-3H3;1-7H;1-2H3;2*1H;/q2*-1;;;;+4/p-2. The zero-order chi connectivity index (χ0) is 23.1. The summed E-state index contributed by atoms with van der Waals surface area (Å²) in [6.07, 6.45) is 0. The van der Waals surface area contributed by atoms with Crippen molar-refractivity contribution in [3.8, 4) is 5.75 Å². The molecule has 0 saturated carbocycles. The van der Waals surface area contributed by atoms with Crippen molar-refractivity contribution >= 4 is 56.4 Å². The van der Waals surface area contributed by atoms with Crippen LogP contribution < -0.4 is 4.74 Å². The molecular weight excluding hydrogens is 539 g/mol. The van der Waals surface area contributed by atoms with Crippen molar-refractivity contribution in [3.05, 3.63) is 78.9 Å². The van der Waals surface area contributed by atoms with Crippen LogP contribution in [0.3, 0.4) is 0 Å². The molecule has 7 heteroatoms. The van der Waals surface area contributed by atoms with E-state index in [4.69, 9.17) is 26.2 Å². The molecular formula is C24H30Cl2O2Si2Zr. The van der Waals surface area contributed by atoms with Crippen LogP contribution in [0.2, 0.25) is 32.7 Å². The summed E-state index contributed by atoms with van der Waals surface area (Å²) in [4.78, 5) is 0. The smallest absolute Gasteiger partial charge is 0.0809 e. The van der Waals surface area contributed by atoms with Gasteiger partial charge in [-0.3, -0.25) is 0 Å². The molecule has 0 aliphatic carbocycles. The molecule has 0 heterocycles. The Labute approximate surface area is 209 Å². The number of hydrogen-bond acceptors (Lipinski definition) is 2. The molecule has 0 aliphatic rings. The Kier molecular flexibility index (Phi) is 14.6. The maximum atomic E-state index is 5.67. The molecule has 0 fully saturated rings. The third-order valence-electron chi connectivity index (χ3n) is 3.89. The van der Waals surface area contributed by atoms with E-state index in [2.05, 4.69) is 93.4 Å². The van der Waals surface area contributed by atoms with Crippen LogP contribution in [-0.2, 0) is 25.3 Å². The van der Waals surface area contributed by atoms with Crippen LogP contribution in [-0.4, -0.2) is 24.6 Å². The van der Waals surface area contributed by atoms with Crippen LogP contribution in [0.5, 0.6) is 5.75 Å². The molecule has 2 radical (unpaired) electrons. The Morgan fingerprint density at radius 3 is 2.10 bits per heavy atom. The van der Waals surface area contributed by atoms with Crippen molar-refractivity contribution in [2.45, 2.75) is 32.7 Å². The fourth-order valence-corrected chi connectivity index (χ4v) is 3.00. The molecule has 0 spiro atoms. The van der Waals surface area contributed by atoms with Gasteiger partial charge in [0.05, 0.1) is 0 Å². The van der Waals surface area contributed by atoms with Crippen molar-refractivity contribution in [1.29, 1.82) is 0 Å². The minimum Gasteiger partial charge on any atom is -0.168 e. The van der Waals surface area contributed by atoms with E-state index in [1.54, 1.807) is 0 Å². The predicted molar refractivity (Wildman–Crippen MR) is 138 cm³/mol. The molecule has 0 N–H and O–H groups in total. The second-order valence-corrected chi connectivity index (χ2v) is 16.8. The minimum atomic E-state index is -1.48. The van der Waals surface area contributed by atoms with Crippen molar-refractivity contribution in [2.24, 2.45) is 0 Å². The molecule has 4 aromatic carbocycles. The van der Waals surface area contributed by atoms with Crippen LogP contribution in [0, 0.1) is 0 Å². The molecule has 164 valence electrons. The molecule has 2 nitrogen and oxygen atoms in total. The molecule has 0 atom stereocenters. The molecule has 31 heavy (non-hydrogen) atoms. The van der Waals surface area contributed by atoms with Crippen LogP contribution >= 0.6 is 17.0 Å². The maximum Gasteiger partial charge on any atom is -0.0809 e. The SMILES string of the molecule is C[Si](C)(C)OCOc1c[cH-]c2ccccc12.C[Si]C.[Cl][Zr+2][Cl].c1ccc2[cH-]ccc2c1. The summed E-state index contributed by atoms with van der Waals surface area (Å²) in [6.45, 7) is 11.1. The zero-order valence-corrected chi connectivity index (χ0v) is 24.8. The summed E-state index contributed by atoms with van der Waals surface area (Å²) >= 11 is -0.826. The third kappa shape index (κ3) is 11.7. The largest absolute Gasteiger partial charge is 0.168 e. The second kappa shape index (κ2) is 16.0. The van der Waals surface area contributed by atoms with Crippen molar-refractivity contribution in [1.82, 2.24) is 0 Å². The first-order valence-electron chi connectivity index (χ1n) is 9.92. The number of hydrogen-bond donors (Lipinski definition) is 0. The molecule has 0 saturated heterocycles. The first kappa shape index (κ1) is 28.3. The van der Waals surface area contributed by atoms with E-state index < -0.39 is 29.2 Å². The van der Waals surface area contributed by atoms with Crippen molar-refractivity contribution < 1.29 is 30.0 Å². The summed E-state index contributed by atoms with van der Waals surface area (Å²) in [7, 11) is 9.47. The van der Waals surface area contributed by atoms with E-state index in [0.29, 0.717) is 6.79 Å². The molecule has 4 rings (SSSR count). The van der Waals surface area contributed by atoms with E-state index in [1.165, 1.54) is 16.2 Å². The molecule has 0 aliphatic heterocycles. The monoisotopic (exact) mass is 566 g/mol. The van der Waals surface area contributed by atoms with Crippen LogP contribution in [0.4, 0.5) is 0 Å². The predicted octanol–water partition coefficient (Wildman–Crippen LogP) is 8.47. The summed E-state index contributed by atoms with van der Waals surface area (Å²) in [5.74, 6) is 0.911. The van der Waals surface area contributed by atoms with Gasteiger partial charge in [0.25, 0.3) is 0 Å². The van der Waals surface area contributed by atoms with Gasteiger partial charge in [0, 0.05) is 15.3 Å². The van der Waals surface area contributed by atoms with Gasteiger partial charge in [-0.2, -0.15) is 17.5 Å². The Bertz CT molecular complexity index is 948. The van der Waals surface area contributed by atoms with Crippen LogP contribution in [0.15, 0.2) is 78.9 Å². The van der Waals surface area contributed by atoms with E-state index >= 15 is 0 Å². The van der Waals surface area contributed by atoms with E-state index in [1.807, 2.05) is 18.2 Å². The second-order valence-electron chi connectivity index (χ2n) is 7.53. The zero-order valence-electron chi connectivity index (χ0n) is 18.8. The Morgan fingerprint density at radius 1 is 0.903 bits per heavy atom. The summed E-state index contributed by atoms with van der Waals surface area (Å²) in [6, 6.07) is 26.9. The van der Waals surface area contributed by atoms with Gasteiger partial charge in [0.2, 0.25) is 0 Å². The Balaban J connectivity index is 0.000000268. The average Bonchev–Trinajstić information content (AvgIpc) is 3.36. The number of halogens is 2.